The van der Waals surface area contributed by atoms with E-state index in [1.807, 2.05) is 0 Å². The molecule has 1 aromatic rings. The highest BCUT2D eigenvalue weighted by molar-refractivity contribution is 7.98. The fraction of sp³-hybridized carbons (Fsp3) is 0.438. The average Bonchev–Trinajstić information content (AvgIpc) is 3.38. The molecule has 2 rings (SSSR count). The molecule has 0 saturated heterocycles. The summed E-state index contributed by atoms with van der Waals surface area (Å²) in [7, 11) is 0. The Morgan fingerprint density at radius 1 is 1.43 bits per heavy atom. The highest BCUT2D eigenvalue weighted by Gasteiger charge is 2.38. The molecular weight excluding hydrogens is 357 g/mol. The van der Waals surface area contributed by atoms with Crippen molar-refractivity contribution < 1.29 is 14.4 Å². The lowest BCUT2D eigenvalue weighted by atomic mass is 9.92. The van der Waals surface area contributed by atoms with E-state index in [0.717, 1.165) is 12.8 Å². The molecule has 1 fully saturated rings. The van der Waals surface area contributed by atoms with Gasteiger partial charge in [-0.3, -0.25) is 9.59 Å². The van der Waals surface area contributed by atoms with Crippen molar-refractivity contribution in [2.75, 3.05) is 12.9 Å². The number of Topliss-reactive ketones (excluding diaryl/α,β-unsaturated/α-hetero) is 2. The molecule has 7 heteroatoms. The van der Waals surface area contributed by atoms with E-state index in [4.69, 9.17) is 28.0 Å². The SMILES string of the molecule is CCON=CC(C(=O)c1ccc(Cl)c(Cl)c1SC)C(=O)C1CC1. The van der Waals surface area contributed by atoms with Crippen LogP contribution in [0.15, 0.2) is 22.2 Å². The quantitative estimate of drug-likeness (QED) is 0.221. The molecule has 1 saturated carbocycles. The summed E-state index contributed by atoms with van der Waals surface area (Å²) in [6.07, 6.45) is 4.74. The molecular formula is C16H17Cl2NO3S. The van der Waals surface area contributed by atoms with Gasteiger partial charge in [0.1, 0.15) is 12.5 Å². The van der Waals surface area contributed by atoms with Crippen molar-refractivity contribution in [2.24, 2.45) is 17.0 Å². The molecule has 1 unspecified atom stereocenters. The molecule has 0 bridgehead atoms. The lowest BCUT2D eigenvalue weighted by Crippen LogP contribution is -2.27. The average molecular weight is 374 g/mol. The first-order chi connectivity index (χ1) is 11.0. The van der Waals surface area contributed by atoms with Gasteiger partial charge in [0.2, 0.25) is 0 Å². The van der Waals surface area contributed by atoms with Crippen molar-refractivity contribution in [3.63, 3.8) is 0 Å². The Labute approximate surface area is 149 Å². The molecule has 0 heterocycles. The Morgan fingerprint density at radius 3 is 2.70 bits per heavy atom. The van der Waals surface area contributed by atoms with Gasteiger partial charge in [0.05, 0.1) is 16.3 Å². The monoisotopic (exact) mass is 373 g/mol. The predicted molar refractivity (Wildman–Crippen MR) is 93.9 cm³/mol. The standard InChI is InChI=1S/C16H17Cl2NO3S/c1-3-22-19-8-11(14(20)9-4-5-9)15(21)10-6-7-12(17)13(18)16(10)23-2/h6-9,11H,3-5H2,1-2H3. The molecule has 0 radical (unpaired) electrons. The van der Waals surface area contributed by atoms with Crippen LogP contribution >= 0.6 is 35.0 Å². The molecule has 1 aliphatic rings. The van der Waals surface area contributed by atoms with Crippen LogP contribution in [0.1, 0.15) is 30.1 Å². The number of thioether (sulfide) groups is 1. The Balaban J connectivity index is 2.36. The summed E-state index contributed by atoms with van der Waals surface area (Å²) >= 11 is 13.5. The third-order valence-corrected chi connectivity index (χ3v) is 5.25. The summed E-state index contributed by atoms with van der Waals surface area (Å²) in [4.78, 5) is 30.8. The number of benzene rings is 1. The van der Waals surface area contributed by atoms with Crippen LogP contribution in [0.2, 0.25) is 10.0 Å². The second-order valence-electron chi connectivity index (χ2n) is 5.13. The van der Waals surface area contributed by atoms with Gasteiger partial charge in [-0.1, -0.05) is 28.4 Å². The van der Waals surface area contributed by atoms with Crippen molar-refractivity contribution in [3.8, 4) is 0 Å². The number of hydrogen-bond acceptors (Lipinski definition) is 5. The molecule has 4 nitrogen and oxygen atoms in total. The van der Waals surface area contributed by atoms with Gasteiger partial charge in [0, 0.05) is 16.4 Å². The number of rotatable bonds is 8. The van der Waals surface area contributed by atoms with E-state index < -0.39 is 5.92 Å². The number of hydrogen-bond donors (Lipinski definition) is 0. The Bertz CT molecular complexity index is 644. The zero-order valence-electron chi connectivity index (χ0n) is 12.8. The summed E-state index contributed by atoms with van der Waals surface area (Å²) in [6.45, 7) is 2.15. The Hall–Kier alpha value is -1.04. The summed E-state index contributed by atoms with van der Waals surface area (Å²) < 4.78 is 0. The second kappa shape index (κ2) is 8.18. The molecule has 0 N–H and O–H groups in total. The van der Waals surface area contributed by atoms with Gasteiger partial charge in [-0.05, 0) is 38.2 Å². The van der Waals surface area contributed by atoms with E-state index in [1.165, 1.54) is 18.0 Å². The minimum atomic E-state index is -0.947. The summed E-state index contributed by atoms with van der Waals surface area (Å²) in [5.41, 5.74) is 0.383. The maximum atomic E-state index is 12.9. The van der Waals surface area contributed by atoms with Crippen LogP contribution in [0.5, 0.6) is 0 Å². The van der Waals surface area contributed by atoms with Gasteiger partial charge in [0.15, 0.2) is 11.6 Å². The molecule has 0 spiro atoms. The van der Waals surface area contributed by atoms with Crippen LogP contribution in [-0.4, -0.2) is 30.6 Å². The van der Waals surface area contributed by atoms with Crippen molar-refractivity contribution in [3.05, 3.63) is 27.7 Å². The van der Waals surface area contributed by atoms with E-state index in [1.54, 1.807) is 25.3 Å². The van der Waals surface area contributed by atoms with Crippen LogP contribution in [0, 0.1) is 11.8 Å². The van der Waals surface area contributed by atoms with Crippen LogP contribution < -0.4 is 0 Å². The highest BCUT2D eigenvalue weighted by atomic mass is 35.5. The van der Waals surface area contributed by atoms with Crippen LogP contribution in [0.3, 0.4) is 0 Å². The minimum absolute atomic E-state index is 0.0578. The van der Waals surface area contributed by atoms with Crippen molar-refractivity contribution >= 4 is 52.7 Å². The molecule has 1 aliphatic carbocycles. The van der Waals surface area contributed by atoms with Crippen LogP contribution in [0.25, 0.3) is 0 Å². The van der Waals surface area contributed by atoms with Gasteiger partial charge >= 0.3 is 0 Å². The normalized spacial score (nSPS) is 15.7. The summed E-state index contributed by atoms with van der Waals surface area (Å²) in [5, 5.41) is 4.43. The number of ketones is 2. The lowest BCUT2D eigenvalue weighted by molar-refractivity contribution is -0.121. The first-order valence-corrected chi connectivity index (χ1v) is 9.24. The van der Waals surface area contributed by atoms with E-state index in [9.17, 15) is 9.59 Å². The third-order valence-electron chi connectivity index (χ3n) is 3.50. The zero-order chi connectivity index (χ0) is 17.0. The second-order valence-corrected chi connectivity index (χ2v) is 6.73. The number of halogens is 2. The molecule has 23 heavy (non-hydrogen) atoms. The number of nitrogens with zero attached hydrogens (tertiary/aromatic N) is 1. The van der Waals surface area contributed by atoms with E-state index in [-0.39, 0.29) is 17.5 Å². The molecule has 1 atom stereocenters. The maximum Gasteiger partial charge on any atom is 0.180 e. The molecule has 0 amide bonds. The van der Waals surface area contributed by atoms with Gasteiger partial charge in [0.25, 0.3) is 0 Å². The van der Waals surface area contributed by atoms with Gasteiger partial charge in [-0.15, -0.1) is 11.8 Å². The van der Waals surface area contributed by atoms with Crippen molar-refractivity contribution in [2.45, 2.75) is 24.7 Å². The molecule has 0 aliphatic heterocycles. The van der Waals surface area contributed by atoms with E-state index in [0.29, 0.717) is 27.1 Å². The van der Waals surface area contributed by atoms with Crippen molar-refractivity contribution in [1.82, 2.24) is 0 Å². The predicted octanol–water partition coefficient (Wildman–Crippen LogP) is 4.52. The largest absolute Gasteiger partial charge is 0.396 e. The van der Waals surface area contributed by atoms with Crippen LogP contribution in [-0.2, 0) is 9.63 Å². The number of carbonyl (C=O) groups excluding carboxylic acids is 2. The van der Waals surface area contributed by atoms with E-state index >= 15 is 0 Å². The fourth-order valence-electron chi connectivity index (χ4n) is 2.16. The number of oxime groups is 1. The van der Waals surface area contributed by atoms with Crippen molar-refractivity contribution in [1.29, 1.82) is 0 Å². The van der Waals surface area contributed by atoms with Gasteiger partial charge < -0.3 is 4.84 Å². The first kappa shape index (κ1) is 18.3. The summed E-state index contributed by atoms with van der Waals surface area (Å²) in [6, 6.07) is 3.17. The Morgan fingerprint density at radius 2 is 2.13 bits per heavy atom. The van der Waals surface area contributed by atoms with Gasteiger partial charge in [-0.2, -0.15) is 0 Å². The topological polar surface area (TPSA) is 55.7 Å². The molecule has 0 aromatic heterocycles. The van der Waals surface area contributed by atoms with Crippen LogP contribution in [0.4, 0.5) is 0 Å². The first-order valence-electron chi connectivity index (χ1n) is 7.26. The Kier molecular flexibility index (Phi) is 6.50. The van der Waals surface area contributed by atoms with Gasteiger partial charge in [-0.25, -0.2) is 0 Å². The molecule has 124 valence electrons. The van der Waals surface area contributed by atoms with E-state index in [2.05, 4.69) is 5.16 Å². The summed E-state index contributed by atoms with van der Waals surface area (Å²) in [5.74, 6) is -1.44. The fourth-order valence-corrected chi connectivity index (χ4v) is 3.45. The lowest BCUT2D eigenvalue weighted by Gasteiger charge is -2.14. The smallest absolute Gasteiger partial charge is 0.180 e. The maximum absolute atomic E-state index is 12.9. The zero-order valence-corrected chi connectivity index (χ0v) is 15.2. The number of carbonyl (C=O) groups is 2. The highest BCUT2D eigenvalue weighted by Crippen LogP contribution is 2.37. The molecule has 1 aromatic carbocycles. The third kappa shape index (κ3) is 4.28. The minimum Gasteiger partial charge on any atom is -0.396 e.